The van der Waals surface area contributed by atoms with E-state index in [1.807, 2.05) is 68.4 Å². The number of benzene rings is 3. The van der Waals surface area contributed by atoms with E-state index in [2.05, 4.69) is 5.32 Å². The average molecular weight is 463 g/mol. The van der Waals surface area contributed by atoms with Crippen LogP contribution in [0.15, 0.2) is 78.9 Å². The maximum Gasteiger partial charge on any atom is 0.243 e. The smallest absolute Gasteiger partial charge is 0.243 e. The van der Waals surface area contributed by atoms with Gasteiger partial charge < -0.3 is 15.0 Å². The van der Waals surface area contributed by atoms with Crippen LogP contribution in [0.5, 0.6) is 5.75 Å². The summed E-state index contributed by atoms with van der Waals surface area (Å²) in [5.74, 6) is -0.367. The number of ether oxygens (including phenoxy) is 1. The molecule has 0 saturated carbocycles. The molecule has 6 heteroatoms. The second-order valence-corrected chi connectivity index (χ2v) is 8.48. The van der Waals surface area contributed by atoms with Gasteiger partial charge in [0.05, 0.1) is 7.11 Å². The third-order valence-electron chi connectivity index (χ3n) is 5.64. The summed E-state index contributed by atoms with van der Waals surface area (Å²) in [5, 5.41) is 2.99. The lowest BCUT2D eigenvalue weighted by Gasteiger charge is -2.33. The van der Waals surface area contributed by atoms with Crippen molar-refractivity contribution in [2.45, 2.75) is 39.4 Å². The summed E-state index contributed by atoms with van der Waals surface area (Å²) < 4.78 is 18.8. The zero-order valence-corrected chi connectivity index (χ0v) is 19.8. The largest absolute Gasteiger partial charge is 0.496 e. The molecule has 0 spiro atoms. The molecule has 0 bridgehead atoms. The highest BCUT2D eigenvalue weighted by Crippen LogP contribution is 2.20. The maximum absolute atomic E-state index is 13.5. The molecule has 1 atom stereocenters. The van der Waals surface area contributed by atoms with Gasteiger partial charge in [-0.3, -0.25) is 9.59 Å². The van der Waals surface area contributed by atoms with Crippen molar-refractivity contribution in [2.75, 3.05) is 7.11 Å². The van der Waals surface area contributed by atoms with Gasteiger partial charge in [0.2, 0.25) is 11.8 Å². The molecule has 0 aliphatic carbocycles. The first-order chi connectivity index (χ1) is 16.4. The van der Waals surface area contributed by atoms with Crippen LogP contribution in [0.1, 0.15) is 30.5 Å². The van der Waals surface area contributed by atoms with Gasteiger partial charge in [-0.05, 0) is 29.3 Å². The van der Waals surface area contributed by atoms with Crippen LogP contribution in [0.2, 0.25) is 0 Å². The van der Waals surface area contributed by atoms with E-state index in [1.165, 1.54) is 12.1 Å². The lowest BCUT2D eigenvalue weighted by atomic mass is 10.0. The molecule has 3 aromatic carbocycles. The van der Waals surface area contributed by atoms with Crippen molar-refractivity contribution >= 4 is 11.8 Å². The summed E-state index contributed by atoms with van der Waals surface area (Å²) in [6, 6.07) is 22.4. The number of nitrogens with one attached hydrogen (secondary N) is 1. The summed E-state index contributed by atoms with van der Waals surface area (Å²) in [5.41, 5.74) is 2.55. The molecular formula is C28H31FN2O3. The molecule has 0 unspecified atom stereocenters. The Balaban J connectivity index is 1.90. The molecule has 0 aliphatic heterocycles. The molecule has 0 aromatic heterocycles. The Hall–Kier alpha value is -3.67. The van der Waals surface area contributed by atoms with Crippen LogP contribution in [0.4, 0.5) is 4.39 Å². The fourth-order valence-electron chi connectivity index (χ4n) is 3.79. The van der Waals surface area contributed by atoms with Crippen molar-refractivity contribution in [3.05, 3.63) is 101 Å². The number of para-hydroxylation sites is 1. The summed E-state index contributed by atoms with van der Waals surface area (Å²) in [6.45, 7) is 4.10. The van der Waals surface area contributed by atoms with E-state index >= 15 is 0 Å². The number of nitrogens with zero attached hydrogens (tertiary/aromatic N) is 1. The van der Waals surface area contributed by atoms with Crippen molar-refractivity contribution in [1.82, 2.24) is 10.2 Å². The standard InChI is InChI=1S/C28H31FN2O3/c1-20(2)28(33)31(19-22-13-15-24(29)16-14-22)25(17-21-9-5-4-6-10-21)27(32)30-18-23-11-7-8-12-26(23)34-3/h4-16,20,25H,17-19H2,1-3H3,(H,30,32)/t25-/m1/s1. The van der Waals surface area contributed by atoms with E-state index in [-0.39, 0.29) is 36.6 Å². The summed E-state index contributed by atoms with van der Waals surface area (Å²) in [4.78, 5) is 28.4. The highest BCUT2D eigenvalue weighted by atomic mass is 19.1. The number of carbonyl (C=O) groups is 2. The Morgan fingerprint density at radius 3 is 2.21 bits per heavy atom. The quantitative estimate of drug-likeness (QED) is 0.473. The molecule has 0 radical (unpaired) electrons. The summed E-state index contributed by atoms with van der Waals surface area (Å²) in [7, 11) is 1.59. The third-order valence-corrected chi connectivity index (χ3v) is 5.64. The fourth-order valence-corrected chi connectivity index (χ4v) is 3.79. The van der Waals surface area contributed by atoms with E-state index in [9.17, 15) is 14.0 Å². The van der Waals surface area contributed by atoms with Crippen molar-refractivity contribution in [3.63, 3.8) is 0 Å². The van der Waals surface area contributed by atoms with Crippen LogP contribution in [0.3, 0.4) is 0 Å². The number of halogens is 1. The van der Waals surface area contributed by atoms with Crippen LogP contribution < -0.4 is 10.1 Å². The molecule has 3 rings (SSSR count). The van der Waals surface area contributed by atoms with Crippen LogP contribution in [0.25, 0.3) is 0 Å². The normalized spacial score (nSPS) is 11.7. The predicted molar refractivity (Wildman–Crippen MR) is 131 cm³/mol. The van der Waals surface area contributed by atoms with E-state index in [0.29, 0.717) is 12.2 Å². The second kappa shape index (κ2) is 12.0. The van der Waals surface area contributed by atoms with E-state index in [4.69, 9.17) is 4.74 Å². The second-order valence-electron chi connectivity index (χ2n) is 8.48. The average Bonchev–Trinajstić information content (AvgIpc) is 2.86. The Bertz CT molecular complexity index is 1080. The molecule has 0 heterocycles. The van der Waals surface area contributed by atoms with Crippen molar-refractivity contribution in [1.29, 1.82) is 0 Å². The summed E-state index contributed by atoms with van der Waals surface area (Å²) >= 11 is 0. The molecule has 3 aromatic rings. The van der Waals surface area contributed by atoms with E-state index in [0.717, 1.165) is 16.7 Å². The number of carbonyl (C=O) groups excluding carboxylic acids is 2. The first kappa shape index (κ1) is 25.0. The van der Waals surface area contributed by atoms with E-state index in [1.54, 1.807) is 24.1 Å². The monoisotopic (exact) mass is 462 g/mol. The Morgan fingerprint density at radius 2 is 1.56 bits per heavy atom. The fraction of sp³-hybridized carbons (Fsp3) is 0.286. The number of hydrogen-bond acceptors (Lipinski definition) is 3. The number of methoxy groups -OCH3 is 1. The van der Waals surface area contributed by atoms with Gasteiger partial charge >= 0.3 is 0 Å². The van der Waals surface area contributed by atoms with Crippen LogP contribution in [-0.2, 0) is 29.1 Å². The lowest BCUT2D eigenvalue weighted by Crippen LogP contribution is -2.51. The molecule has 0 saturated heterocycles. The van der Waals surface area contributed by atoms with Crippen LogP contribution in [-0.4, -0.2) is 29.9 Å². The van der Waals surface area contributed by atoms with E-state index < -0.39 is 6.04 Å². The number of amides is 2. The van der Waals surface area contributed by atoms with Gasteiger partial charge in [-0.25, -0.2) is 4.39 Å². The molecule has 1 N–H and O–H groups in total. The third kappa shape index (κ3) is 6.67. The Kier molecular flexibility index (Phi) is 8.79. The molecule has 2 amide bonds. The van der Waals surface area contributed by atoms with Crippen LogP contribution >= 0.6 is 0 Å². The summed E-state index contributed by atoms with van der Waals surface area (Å²) in [6.07, 6.45) is 0.359. The zero-order chi connectivity index (χ0) is 24.5. The molecule has 34 heavy (non-hydrogen) atoms. The molecule has 178 valence electrons. The Labute approximate surface area is 200 Å². The first-order valence-corrected chi connectivity index (χ1v) is 11.4. The van der Waals surface area contributed by atoms with Crippen molar-refractivity contribution in [3.8, 4) is 5.75 Å². The minimum absolute atomic E-state index is 0.141. The van der Waals surface area contributed by atoms with Gasteiger partial charge in [-0.15, -0.1) is 0 Å². The number of hydrogen-bond donors (Lipinski definition) is 1. The van der Waals surface area contributed by atoms with Gasteiger partial charge in [0, 0.05) is 31.0 Å². The highest BCUT2D eigenvalue weighted by molar-refractivity contribution is 5.88. The Morgan fingerprint density at radius 1 is 0.912 bits per heavy atom. The molecule has 5 nitrogen and oxygen atoms in total. The van der Waals surface area contributed by atoms with Gasteiger partial charge in [-0.2, -0.15) is 0 Å². The minimum Gasteiger partial charge on any atom is -0.496 e. The lowest BCUT2D eigenvalue weighted by molar-refractivity contribution is -0.143. The van der Waals surface area contributed by atoms with Gasteiger partial charge in [0.15, 0.2) is 0 Å². The molecular weight excluding hydrogens is 431 g/mol. The molecule has 0 fully saturated rings. The first-order valence-electron chi connectivity index (χ1n) is 11.4. The number of rotatable bonds is 10. The topological polar surface area (TPSA) is 58.6 Å². The van der Waals surface area contributed by atoms with Crippen molar-refractivity contribution in [2.24, 2.45) is 5.92 Å². The SMILES string of the molecule is COc1ccccc1CNC(=O)[C@@H](Cc1ccccc1)N(Cc1ccc(F)cc1)C(=O)C(C)C. The predicted octanol–water partition coefficient (Wildman–Crippen LogP) is 4.75. The van der Waals surface area contributed by atoms with Gasteiger partial charge in [0.25, 0.3) is 0 Å². The van der Waals surface area contributed by atoms with Gasteiger partial charge in [-0.1, -0.05) is 74.5 Å². The minimum atomic E-state index is -0.739. The zero-order valence-electron chi connectivity index (χ0n) is 19.8. The molecule has 0 aliphatic rings. The maximum atomic E-state index is 13.5. The van der Waals surface area contributed by atoms with Crippen LogP contribution in [0, 0.1) is 11.7 Å². The highest BCUT2D eigenvalue weighted by Gasteiger charge is 2.31. The van der Waals surface area contributed by atoms with Crippen molar-refractivity contribution < 1.29 is 18.7 Å². The van der Waals surface area contributed by atoms with Gasteiger partial charge in [0.1, 0.15) is 17.6 Å².